The Bertz CT molecular complexity index is 1160. The molecule has 2 saturated heterocycles. The van der Waals surface area contributed by atoms with E-state index in [2.05, 4.69) is 26.0 Å². The molecule has 2 aliphatic heterocycles. The highest BCUT2D eigenvalue weighted by atomic mass is 16.7. The van der Waals surface area contributed by atoms with E-state index in [1.807, 2.05) is 0 Å². The summed E-state index contributed by atoms with van der Waals surface area (Å²) in [5.74, 6) is -0.925. The van der Waals surface area contributed by atoms with Crippen molar-refractivity contribution in [3.63, 3.8) is 0 Å². The summed E-state index contributed by atoms with van der Waals surface area (Å²) in [7, 11) is 0. The molecule has 0 bridgehead atoms. The first-order chi connectivity index (χ1) is 30.5. The van der Waals surface area contributed by atoms with Crippen LogP contribution in [0.15, 0.2) is 12.2 Å². The topological polar surface area (TPSA) is 231 Å². The maximum atomic E-state index is 12.9. The number of carbonyl (C=O) groups excluding carboxylic acids is 2. The minimum Gasteiger partial charge on any atom is -0.462 e. The maximum absolute atomic E-state index is 12.9. The average Bonchev–Trinajstić information content (AvgIpc) is 3.28. The molecule has 0 amide bonds. The molecule has 15 heteroatoms. The zero-order valence-electron chi connectivity index (χ0n) is 38.8. The van der Waals surface area contributed by atoms with Crippen molar-refractivity contribution < 1.29 is 73.8 Å². The van der Waals surface area contributed by atoms with Gasteiger partial charge in [-0.25, -0.2) is 0 Å². The maximum Gasteiger partial charge on any atom is 0.306 e. The molecule has 11 atom stereocenters. The first-order valence-electron chi connectivity index (χ1n) is 24.8. The molecule has 0 aromatic rings. The zero-order valence-corrected chi connectivity index (χ0v) is 38.8. The Morgan fingerprint density at radius 2 is 0.905 bits per heavy atom. The van der Waals surface area contributed by atoms with Gasteiger partial charge in [0.15, 0.2) is 18.7 Å². The van der Waals surface area contributed by atoms with Crippen LogP contribution in [0.5, 0.6) is 0 Å². The molecule has 2 rings (SSSR count). The number of hydrogen-bond donors (Lipinski definition) is 7. The lowest BCUT2D eigenvalue weighted by Crippen LogP contribution is -2.61. The summed E-state index contributed by atoms with van der Waals surface area (Å²) >= 11 is 0. The van der Waals surface area contributed by atoms with Crippen molar-refractivity contribution >= 4 is 11.9 Å². The second kappa shape index (κ2) is 36.4. The number of allylic oxidation sites excluding steroid dienone is 2. The Morgan fingerprint density at radius 3 is 1.40 bits per heavy atom. The van der Waals surface area contributed by atoms with Crippen molar-refractivity contribution in [3.05, 3.63) is 12.2 Å². The Kier molecular flexibility index (Phi) is 33.1. The molecule has 0 aromatic carbocycles. The monoisotopic (exact) mass is 905 g/mol. The summed E-state index contributed by atoms with van der Waals surface area (Å²) in [6, 6.07) is 0. The van der Waals surface area contributed by atoms with E-state index in [-0.39, 0.29) is 26.1 Å². The van der Waals surface area contributed by atoms with E-state index in [1.165, 1.54) is 103 Å². The van der Waals surface area contributed by atoms with Crippen LogP contribution in [-0.4, -0.2) is 142 Å². The highest BCUT2D eigenvalue weighted by Crippen LogP contribution is 2.26. The van der Waals surface area contributed by atoms with Gasteiger partial charge in [0, 0.05) is 12.8 Å². The van der Waals surface area contributed by atoms with Gasteiger partial charge in [-0.2, -0.15) is 0 Å². The molecule has 0 saturated carbocycles. The predicted octanol–water partition coefficient (Wildman–Crippen LogP) is 6.21. The Hall–Kier alpha value is -1.76. The molecule has 15 nitrogen and oxygen atoms in total. The van der Waals surface area contributed by atoms with Crippen molar-refractivity contribution in [1.82, 2.24) is 0 Å². The van der Waals surface area contributed by atoms with Gasteiger partial charge in [-0.3, -0.25) is 9.59 Å². The number of rotatable bonds is 38. The van der Waals surface area contributed by atoms with E-state index in [9.17, 15) is 45.3 Å². The number of ether oxygens (including phenoxy) is 6. The lowest BCUT2D eigenvalue weighted by molar-refractivity contribution is -0.332. The van der Waals surface area contributed by atoms with Gasteiger partial charge in [0.25, 0.3) is 0 Å². The van der Waals surface area contributed by atoms with E-state index in [4.69, 9.17) is 28.4 Å². The van der Waals surface area contributed by atoms with Gasteiger partial charge < -0.3 is 64.2 Å². The van der Waals surface area contributed by atoms with E-state index < -0.39 is 92.7 Å². The molecule has 0 spiro atoms. The highest BCUT2D eigenvalue weighted by molar-refractivity contribution is 5.70. The fourth-order valence-electron chi connectivity index (χ4n) is 7.86. The van der Waals surface area contributed by atoms with Crippen LogP contribution in [0.3, 0.4) is 0 Å². The van der Waals surface area contributed by atoms with Crippen LogP contribution in [0, 0.1) is 0 Å². The van der Waals surface area contributed by atoms with Gasteiger partial charge in [-0.1, -0.05) is 148 Å². The molecule has 2 fully saturated rings. The Balaban J connectivity index is 1.80. The third-order valence-electron chi connectivity index (χ3n) is 12.0. The van der Waals surface area contributed by atoms with Gasteiger partial charge in [-0.05, 0) is 38.5 Å². The SMILES string of the molecule is CCCCCCCC/C=C/CCCCCCCCCC(=O)OC[C@H](CO[C@H]1O[C@@H](CO[C@H]2O[C@@H](CO)[C@@H](O)C(O)C2O)[C@@H](O)C(O)C1O)OC(=O)CCCCCCCCCCCC. The van der Waals surface area contributed by atoms with Gasteiger partial charge in [0.1, 0.15) is 55.4 Å². The standard InChI is InChI=1S/C48H88O15/c1-3-5-7-9-11-13-15-16-17-18-19-20-21-23-24-26-28-30-39(50)58-33-36(61-40(51)31-29-27-25-22-14-12-10-8-6-4-2)34-59-47-46(57)44(55)42(53)38(63-47)35-60-48-45(56)43(54)41(52)37(32-49)62-48/h16-17,36-38,41-49,52-57H,3-15,18-35H2,1-2H3/b17-16+/t36-,37+,38+,41-,42-,43?,44?,45?,46?,47+,48+/m1/s1. The van der Waals surface area contributed by atoms with Crippen molar-refractivity contribution in [2.45, 2.75) is 255 Å². The first kappa shape index (κ1) is 57.4. The second-order valence-corrected chi connectivity index (χ2v) is 17.6. The number of aliphatic hydroxyl groups excluding tert-OH is 7. The van der Waals surface area contributed by atoms with Gasteiger partial charge in [-0.15, -0.1) is 0 Å². The van der Waals surface area contributed by atoms with Crippen LogP contribution in [0.2, 0.25) is 0 Å². The molecule has 2 heterocycles. The summed E-state index contributed by atoms with van der Waals surface area (Å²) in [6.07, 6.45) is 16.8. The smallest absolute Gasteiger partial charge is 0.306 e. The second-order valence-electron chi connectivity index (χ2n) is 17.6. The molecule has 0 radical (unpaired) electrons. The predicted molar refractivity (Wildman–Crippen MR) is 238 cm³/mol. The van der Waals surface area contributed by atoms with Crippen LogP contribution in [0.1, 0.15) is 187 Å². The van der Waals surface area contributed by atoms with Gasteiger partial charge >= 0.3 is 11.9 Å². The van der Waals surface area contributed by atoms with Crippen LogP contribution in [0.4, 0.5) is 0 Å². The van der Waals surface area contributed by atoms with E-state index in [0.717, 1.165) is 44.9 Å². The number of unbranched alkanes of at least 4 members (excludes halogenated alkanes) is 22. The first-order valence-corrected chi connectivity index (χ1v) is 24.8. The van der Waals surface area contributed by atoms with Crippen molar-refractivity contribution in [2.75, 3.05) is 26.4 Å². The fourth-order valence-corrected chi connectivity index (χ4v) is 7.86. The van der Waals surface area contributed by atoms with Crippen LogP contribution < -0.4 is 0 Å². The fraction of sp³-hybridized carbons (Fsp3) is 0.917. The lowest BCUT2D eigenvalue weighted by Gasteiger charge is -2.42. The van der Waals surface area contributed by atoms with E-state index in [1.54, 1.807) is 0 Å². The molecule has 2 aliphatic rings. The van der Waals surface area contributed by atoms with Crippen molar-refractivity contribution in [2.24, 2.45) is 0 Å². The normalized spacial score (nSPS) is 26.9. The summed E-state index contributed by atoms with van der Waals surface area (Å²) in [5, 5.41) is 71.9. The molecule has 0 aromatic heterocycles. The number of esters is 2. The van der Waals surface area contributed by atoms with Crippen molar-refractivity contribution in [1.29, 1.82) is 0 Å². The van der Waals surface area contributed by atoms with E-state index >= 15 is 0 Å². The summed E-state index contributed by atoms with van der Waals surface area (Å²) in [6.45, 7) is 2.57. The Labute approximate surface area is 378 Å². The van der Waals surface area contributed by atoms with E-state index in [0.29, 0.717) is 12.8 Å². The Morgan fingerprint density at radius 1 is 0.492 bits per heavy atom. The minimum atomic E-state index is -1.76. The molecule has 4 unspecified atom stereocenters. The molecule has 370 valence electrons. The molecule has 7 N–H and O–H groups in total. The third-order valence-corrected chi connectivity index (χ3v) is 12.0. The number of aliphatic hydroxyl groups is 7. The lowest BCUT2D eigenvalue weighted by atomic mass is 9.98. The summed E-state index contributed by atoms with van der Waals surface area (Å²) in [4.78, 5) is 25.6. The molecular formula is C48H88O15. The van der Waals surface area contributed by atoms with Crippen LogP contribution in [-0.2, 0) is 38.0 Å². The summed E-state index contributed by atoms with van der Waals surface area (Å²) in [5.41, 5.74) is 0. The van der Waals surface area contributed by atoms with Crippen LogP contribution >= 0.6 is 0 Å². The molecular weight excluding hydrogens is 817 g/mol. The van der Waals surface area contributed by atoms with Gasteiger partial charge in [0.2, 0.25) is 0 Å². The minimum absolute atomic E-state index is 0.168. The quantitative estimate of drug-likeness (QED) is 0.0208. The third kappa shape index (κ3) is 25.1. The van der Waals surface area contributed by atoms with Crippen molar-refractivity contribution in [3.8, 4) is 0 Å². The van der Waals surface area contributed by atoms with Gasteiger partial charge in [0.05, 0.1) is 19.8 Å². The highest BCUT2D eigenvalue weighted by Gasteiger charge is 2.47. The molecule has 63 heavy (non-hydrogen) atoms. The van der Waals surface area contributed by atoms with Crippen LogP contribution in [0.25, 0.3) is 0 Å². The largest absolute Gasteiger partial charge is 0.462 e. The zero-order chi connectivity index (χ0) is 46.1. The molecule has 0 aliphatic carbocycles. The average molecular weight is 905 g/mol. The number of carbonyl (C=O) groups is 2. The number of hydrogen-bond acceptors (Lipinski definition) is 15. The summed E-state index contributed by atoms with van der Waals surface area (Å²) < 4.78 is 33.5.